The van der Waals surface area contributed by atoms with Crippen molar-refractivity contribution in [2.45, 2.75) is 32.1 Å². The van der Waals surface area contributed by atoms with Crippen molar-refractivity contribution in [2.24, 2.45) is 5.41 Å². The van der Waals surface area contributed by atoms with Crippen LogP contribution in [0, 0.1) is 5.41 Å². The van der Waals surface area contributed by atoms with Crippen molar-refractivity contribution < 1.29 is 14.7 Å². The number of halogens is 1. The molecule has 0 saturated heterocycles. The summed E-state index contributed by atoms with van der Waals surface area (Å²) in [5.74, 6) is -0.971. The van der Waals surface area contributed by atoms with Crippen LogP contribution in [-0.4, -0.2) is 23.5 Å². The molecule has 0 bridgehead atoms. The number of carboxylic acid groups (broad SMARTS) is 1. The molecule has 0 atom stereocenters. The number of hydrogen-bond acceptors (Lipinski definition) is 2. The first-order valence-corrected chi connectivity index (χ1v) is 7.35. The van der Waals surface area contributed by atoms with Crippen LogP contribution < -0.4 is 5.32 Å². The molecule has 1 fully saturated rings. The van der Waals surface area contributed by atoms with Crippen molar-refractivity contribution in [1.82, 2.24) is 5.32 Å². The summed E-state index contributed by atoms with van der Waals surface area (Å²) < 4.78 is 0.917. The van der Waals surface area contributed by atoms with Gasteiger partial charge in [0.1, 0.15) is 0 Å². The number of amides is 1. The van der Waals surface area contributed by atoms with Crippen molar-refractivity contribution in [3.8, 4) is 0 Å². The molecule has 1 saturated carbocycles. The Labute approximate surface area is 126 Å². The maximum atomic E-state index is 12.4. The summed E-state index contributed by atoms with van der Waals surface area (Å²) in [6.07, 6.45) is 1.28. The summed E-state index contributed by atoms with van der Waals surface area (Å²) in [5.41, 5.74) is -0.536. The van der Waals surface area contributed by atoms with Crippen LogP contribution in [0.1, 0.15) is 32.3 Å². The molecule has 4 nitrogen and oxygen atoms in total. The Morgan fingerprint density at radius 3 is 2.55 bits per heavy atom. The lowest BCUT2D eigenvalue weighted by atomic mass is 9.83. The number of carbonyl (C=O) groups is 2. The normalized spacial score (nSPS) is 16.6. The fourth-order valence-corrected chi connectivity index (χ4v) is 2.50. The van der Waals surface area contributed by atoms with Crippen LogP contribution in [-0.2, 0) is 15.0 Å². The first kappa shape index (κ1) is 15.0. The molecule has 2 rings (SSSR count). The van der Waals surface area contributed by atoms with Gasteiger partial charge in [-0.3, -0.25) is 9.59 Å². The van der Waals surface area contributed by atoms with Crippen LogP contribution >= 0.6 is 15.9 Å². The molecule has 0 unspecified atom stereocenters. The third-order valence-electron chi connectivity index (χ3n) is 4.01. The minimum atomic E-state index is -0.821. The molecule has 0 spiro atoms. The van der Waals surface area contributed by atoms with Gasteiger partial charge in [0.25, 0.3) is 0 Å². The fraction of sp³-hybridized carbons (Fsp3) is 0.467. The van der Waals surface area contributed by atoms with E-state index in [4.69, 9.17) is 5.11 Å². The summed E-state index contributed by atoms with van der Waals surface area (Å²) in [4.78, 5) is 23.5. The van der Waals surface area contributed by atoms with Gasteiger partial charge in [0.05, 0.1) is 10.8 Å². The monoisotopic (exact) mass is 339 g/mol. The summed E-state index contributed by atoms with van der Waals surface area (Å²) in [7, 11) is 0. The highest BCUT2D eigenvalue weighted by Crippen LogP contribution is 2.45. The third-order valence-corrected chi connectivity index (χ3v) is 4.50. The summed E-state index contributed by atoms with van der Waals surface area (Å²) in [6, 6.07) is 7.59. The smallest absolute Gasteiger partial charge is 0.311 e. The van der Waals surface area contributed by atoms with E-state index in [1.807, 2.05) is 38.1 Å². The average molecular weight is 340 g/mol. The van der Waals surface area contributed by atoms with Crippen LogP contribution in [0.4, 0.5) is 0 Å². The molecular formula is C15H18BrNO3. The zero-order chi connectivity index (χ0) is 15.0. The molecule has 1 aromatic rings. The minimum Gasteiger partial charge on any atom is -0.481 e. The molecule has 5 heteroatoms. The SMILES string of the molecule is CC(C)(C(=O)NCC1(C(=O)O)CC1)c1cccc(Br)c1. The van der Waals surface area contributed by atoms with Crippen LogP contribution in [0.25, 0.3) is 0 Å². The maximum absolute atomic E-state index is 12.4. The van der Waals surface area contributed by atoms with Crippen molar-refractivity contribution in [3.63, 3.8) is 0 Å². The van der Waals surface area contributed by atoms with Crippen LogP contribution in [0.15, 0.2) is 28.7 Å². The zero-order valence-electron chi connectivity index (χ0n) is 11.6. The van der Waals surface area contributed by atoms with Gasteiger partial charge in [-0.25, -0.2) is 0 Å². The number of rotatable bonds is 5. The topological polar surface area (TPSA) is 66.4 Å². The second-order valence-electron chi connectivity index (χ2n) is 5.90. The van der Waals surface area contributed by atoms with Gasteiger partial charge < -0.3 is 10.4 Å². The lowest BCUT2D eigenvalue weighted by Crippen LogP contribution is -2.43. The molecule has 2 N–H and O–H groups in total. The standard InChI is InChI=1S/C15H18BrNO3/c1-14(2,10-4-3-5-11(16)8-10)12(18)17-9-15(6-7-15)13(19)20/h3-5,8H,6-7,9H2,1-2H3,(H,17,18)(H,19,20). The Kier molecular flexibility index (Phi) is 3.91. The van der Waals surface area contributed by atoms with Gasteiger partial charge in [-0.15, -0.1) is 0 Å². The van der Waals surface area contributed by atoms with Gasteiger partial charge in [-0.05, 0) is 44.4 Å². The summed E-state index contributed by atoms with van der Waals surface area (Å²) in [6.45, 7) is 3.88. The fourth-order valence-electron chi connectivity index (χ4n) is 2.10. The van der Waals surface area contributed by atoms with E-state index in [9.17, 15) is 9.59 Å². The quantitative estimate of drug-likeness (QED) is 0.866. The Bertz CT molecular complexity index is 550. The van der Waals surface area contributed by atoms with E-state index in [0.29, 0.717) is 12.8 Å². The van der Waals surface area contributed by atoms with Crippen LogP contribution in [0.2, 0.25) is 0 Å². The van der Waals surface area contributed by atoms with E-state index in [1.54, 1.807) is 0 Å². The lowest BCUT2D eigenvalue weighted by molar-refractivity contribution is -0.143. The van der Waals surface area contributed by atoms with Crippen LogP contribution in [0.5, 0.6) is 0 Å². The minimum absolute atomic E-state index is 0.150. The number of nitrogens with one attached hydrogen (secondary N) is 1. The van der Waals surface area contributed by atoms with Gasteiger partial charge in [0.2, 0.25) is 5.91 Å². The predicted octanol–water partition coefficient (Wildman–Crippen LogP) is 2.71. The number of hydrogen-bond donors (Lipinski definition) is 2. The second kappa shape index (κ2) is 5.20. The van der Waals surface area contributed by atoms with E-state index in [-0.39, 0.29) is 12.5 Å². The molecule has 1 aliphatic rings. The van der Waals surface area contributed by atoms with E-state index < -0.39 is 16.8 Å². The van der Waals surface area contributed by atoms with Gasteiger partial charge in [0.15, 0.2) is 0 Å². The molecule has 1 aromatic carbocycles. The average Bonchev–Trinajstić information content (AvgIpc) is 3.17. The number of benzene rings is 1. The zero-order valence-corrected chi connectivity index (χ0v) is 13.2. The van der Waals surface area contributed by atoms with Gasteiger partial charge in [0, 0.05) is 11.0 Å². The number of carboxylic acids is 1. The van der Waals surface area contributed by atoms with E-state index in [2.05, 4.69) is 21.2 Å². The van der Waals surface area contributed by atoms with Gasteiger partial charge in [-0.2, -0.15) is 0 Å². The van der Waals surface area contributed by atoms with Gasteiger partial charge in [-0.1, -0.05) is 28.1 Å². The van der Waals surface area contributed by atoms with Crippen molar-refractivity contribution >= 4 is 27.8 Å². The highest BCUT2D eigenvalue weighted by Gasteiger charge is 2.50. The maximum Gasteiger partial charge on any atom is 0.311 e. The highest BCUT2D eigenvalue weighted by atomic mass is 79.9. The molecule has 0 aliphatic heterocycles. The first-order chi connectivity index (χ1) is 9.28. The molecule has 1 amide bonds. The van der Waals surface area contributed by atoms with Crippen molar-refractivity contribution in [3.05, 3.63) is 34.3 Å². The second-order valence-corrected chi connectivity index (χ2v) is 6.82. The lowest BCUT2D eigenvalue weighted by Gasteiger charge is -2.25. The molecule has 0 radical (unpaired) electrons. The van der Waals surface area contributed by atoms with E-state index in [1.165, 1.54) is 0 Å². The van der Waals surface area contributed by atoms with E-state index >= 15 is 0 Å². The molecule has 1 aliphatic carbocycles. The van der Waals surface area contributed by atoms with Crippen LogP contribution in [0.3, 0.4) is 0 Å². The Balaban J connectivity index is 2.06. The third kappa shape index (κ3) is 2.87. The number of carbonyl (C=O) groups excluding carboxylic acids is 1. The molecule has 0 aromatic heterocycles. The molecule has 108 valence electrons. The first-order valence-electron chi connectivity index (χ1n) is 6.56. The van der Waals surface area contributed by atoms with Crippen molar-refractivity contribution in [2.75, 3.05) is 6.54 Å². The molecule has 20 heavy (non-hydrogen) atoms. The Hall–Kier alpha value is -1.36. The summed E-state index contributed by atoms with van der Waals surface area (Å²) in [5, 5.41) is 11.9. The van der Waals surface area contributed by atoms with E-state index in [0.717, 1.165) is 10.0 Å². The highest BCUT2D eigenvalue weighted by molar-refractivity contribution is 9.10. The Morgan fingerprint density at radius 2 is 2.05 bits per heavy atom. The Morgan fingerprint density at radius 1 is 1.40 bits per heavy atom. The predicted molar refractivity (Wildman–Crippen MR) is 79.5 cm³/mol. The van der Waals surface area contributed by atoms with Gasteiger partial charge >= 0.3 is 5.97 Å². The van der Waals surface area contributed by atoms with Crippen molar-refractivity contribution in [1.29, 1.82) is 0 Å². The molecule has 0 heterocycles. The summed E-state index contributed by atoms with van der Waals surface area (Å²) >= 11 is 3.39. The molecular weight excluding hydrogens is 322 g/mol. The number of aliphatic carboxylic acids is 1. The largest absolute Gasteiger partial charge is 0.481 e.